The maximum absolute atomic E-state index is 5.99. The predicted octanol–water partition coefficient (Wildman–Crippen LogP) is 4.55. The highest BCUT2D eigenvalue weighted by molar-refractivity contribution is 8.00. The van der Waals surface area contributed by atoms with E-state index >= 15 is 0 Å². The first kappa shape index (κ1) is 16.4. The Morgan fingerprint density at radius 3 is 2.22 bits per heavy atom. The van der Waals surface area contributed by atoms with Gasteiger partial charge >= 0.3 is 0 Å². The summed E-state index contributed by atoms with van der Waals surface area (Å²) < 4.78 is 0. The summed E-state index contributed by atoms with van der Waals surface area (Å²) in [5.74, 6) is 2.38. The molecular formula is C16H33NS. The van der Waals surface area contributed by atoms with Crippen molar-refractivity contribution in [1.82, 2.24) is 0 Å². The molecule has 0 aromatic heterocycles. The normalized spacial score (nSPS) is 31.7. The third kappa shape index (κ3) is 4.45. The van der Waals surface area contributed by atoms with E-state index in [0.717, 1.165) is 34.8 Å². The summed E-state index contributed by atoms with van der Waals surface area (Å²) in [5, 5.41) is 1.54. The summed E-state index contributed by atoms with van der Waals surface area (Å²) in [6.45, 7) is 15.1. The second-order valence-corrected chi connectivity index (χ2v) is 9.12. The molecule has 1 rings (SSSR count). The Bertz CT molecular complexity index is 244. The second kappa shape index (κ2) is 6.65. The van der Waals surface area contributed by atoms with Crippen molar-refractivity contribution in [1.29, 1.82) is 0 Å². The third-order valence-electron chi connectivity index (χ3n) is 4.78. The molecule has 0 heterocycles. The lowest BCUT2D eigenvalue weighted by atomic mass is 9.69. The van der Waals surface area contributed by atoms with E-state index in [1.54, 1.807) is 0 Å². The van der Waals surface area contributed by atoms with Crippen LogP contribution in [0.1, 0.15) is 60.8 Å². The van der Waals surface area contributed by atoms with Gasteiger partial charge in [-0.1, -0.05) is 41.5 Å². The van der Waals surface area contributed by atoms with Crippen LogP contribution in [0, 0.1) is 23.2 Å². The molecule has 0 aliphatic heterocycles. The number of hydrogen-bond donors (Lipinski definition) is 1. The molecule has 0 bridgehead atoms. The molecule has 4 atom stereocenters. The van der Waals surface area contributed by atoms with E-state index in [0.29, 0.717) is 5.41 Å². The predicted molar refractivity (Wildman–Crippen MR) is 85.0 cm³/mol. The second-order valence-electron chi connectivity index (χ2n) is 7.50. The van der Waals surface area contributed by atoms with Gasteiger partial charge in [-0.05, 0) is 49.0 Å². The molecule has 0 radical (unpaired) electrons. The van der Waals surface area contributed by atoms with Crippen molar-refractivity contribution < 1.29 is 0 Å². The lowest BCUT2D eigenvalue weighted by Gasteiger charge is -2.42. The van der Waals surface area contributed by atoms with E-state index in [2.05, 4.69) is 53.3 Å². The Labute approximate surface area is 119 Å². The Balaban J connectivity index is 2.65. The number of rotatable bonds is 4. The molecule has 0 saturated heterocycles. The van der Waals surface area contributed by atoms with Gasteiger partial charge in [0.2, 0.25) is 0 Å². The molecule has 1 aliphatic rings. The van der Waals surface area contributed by atoms with E-state index in [1.165, 1.54) is 19.3 Å². The van der Waals surface area contributed by atoms with Gasteiger partial charge in [-0.15, -0.1) is 0 Å². The molecular weight excluding hydrogens is 238 g/mol. The van der Waals surface area contributed by atoms with Crippen LogP contribution >= 0.6 is 11.8 Å². The summed E-state index contributed by atoms with van der Waals surface area (Å²) >= 11 is 2.20. The van der Waals surface area contributed by atoms with E-state index in [4.69, 9.17) is 5.73 Å². The van der Waals surface area contributed by atoms with Crippen molar-refractivity contribution in [3.63, 3.8) is 0 Å². The standard InChI is InChI=1S/C16H33NS/c1-11(2)12(3)18-15-9-14(16(4,5)6)8-7-13(15)10-17/h11-15H,7-10,17H2,1-6H3. The fraction of sp³-hybridized carbons (Fsp3) is 1.00. The van der Waals surface area contributed by atoms with Crippen LogP contribution in [0.4, 0.5) is 0 Å². The van der Waals surface area contributed by atoms with Crippen LogP contribution < -0.4 is 5.73 Å². The highest BCUT2D eigenvalue weighted by Gasteiger charge is 2.36. The van der Waals surface area contributed by atoms with Crippen LogP contribution in [-0.2, 0) is 0 Å². The monoisotopic (exact) mass is 271 g/mol. The minimum atomic E-state index is 0.458. The maximum atomic E-state index is 5.99. The van der Waals surface area contributed by atoms with Crippen molar-refractivity contribution in [3.8, 4) is 0 Å². The molecule has 0 spiro atoms. The highest BCUT2D eigenvalue weighted by atomic mass is 32.2. The quantitative estimate of drug-likeness (QED) is 0.811. The first-order chi connectivity index (χ1) is 8.25. The Hall–Kier alpha value is 0.310. The SMILES string of the molecule is CC(C)C(C)SC1CC(C(C)(C)C)CCC1CN. The van der Waals surface area contributed by atoms with Crippen LogP contribution in [0.2, 0.25) is 0 Å². The first-order valence-electron chi connectivity index (χ1n) is 7.61. The first-order valence-corrected chi connectivity index (χ1v) is 8.55. The molecule has 1 aliphatic carbocycles. The van der Waals surface area contributed by atoms with Gasteiger partial charge in [0.25, 0.3) is 0 Å². The molecule has 1 saturated carbocycles. The molecule has 1 fully saturated rings. The van der Waals surface area contributed by atoms with Crippen LogP contribution in [0.5, 0.6) is 0 Å². The van der Waals surface area contributed by atoms with Gasteiger partial charge in [-0.25, -0.2) is 0 Å². The van der Waals surface area contributed by atoms with Gasteiger partial charge in [0.1, 0.15) is 0 Å². The van der Waals surface area contributed by atoms with Gasteiger partial charge < -0.3 is 5.73 Å². The zero-order valence-electron chi connectivity index (χ0n) is 13.2. The molecule has 0 amide bonds. The van der Waals surface area contributed by atoms with Crippen molar-refractivity contribution in [2.24, 2.45) is 28.9 Å². The van der Waals surface area contributed by atoms with E-state index in [9.17, 15) is 0 Å². The maximum Gasteiger partial charge on any atom is 0.00929 e. The van der Waals surface area contributed by atoms with Gasteiger partial charge in [-0.2, -0.15) is 11.8 Å². The fourth-order valence-electron chi connectivity index (χ4n) is 2.85. The average Bonchev–Trinajstić information content (AvgIpc) is 2.27. The van der Waals surface area contributed by atoms with Crippen molar-refractivity contribution in [2.45, 2.75) is 71.3 Å². The zero-order chi connectivity index (χ0) is 13.9. The minimum absolute atomic E-state index is 0.458. The molecule has 108 valence electrons. The Kier molecular flexibility index (Phi) is 6.05. The number of hydrogen-bond acceptors (Lipinski definition) is 2. The number of thioether (sulfide) groups is 1. The Morgan fingerprint density at radius 2 is 1.78 bits per heavy atom. The molecule has 2 heteroatoms. The topological polar surface area (TPSA) is 26.0 Å². The average molecular weight is 272 g/mol. The van der Waals surface area contributed by atoms with Gasteiger partial charge in [0, 0.05) is 10.5 Å². The summed E-state index contributed by atoms with van der Waals surface area (Å²) in [6.07, 6.45) is 4.08. The van der Waals surface area contributed by atoms with Gasteiger partial charge in [0.15, 0.2) is 0 Å². The van der Waals surface area contributed by atoms with Crippen LogP contribution in [0.15, 0.2) is 0 Å². The minimum Gasteiger partial charge on any atom is -0.330 e. The molecule has 0 aromatic carbocycles. The van der Waals surface area contributed by atoms with Crippen LogP contribution in [0.3, 0.4) is 0 Å². The largest absolute Gasteiger partial charge is 0.330 e. The highest BCUT2D eigenvalue weighted by Crippen LogP contribution is 2.45. The van der Waals surface area contributed by atoms with Crippen molar-refractivity contribution >= 4 is 11.8 Å². The smallest absolute Gasteiger partial charge is 0.00929 e. The summed E-state index contributed by atoms with van der Waals surface area (Å²) in [7, 11) is 0. The van der Waals surface area contributed by atoms with Gasteiger partial charge in [0.05, 0.1) is 0 Å². The van der Waals surface area contributed by atoms with E-state index in [1.807, 2.05) is 0 Å². The third-order valence-corrected chi connectivity index (χ3v) is 6.68. The van der Waals surface area contributed by atoms with Crippen LogP contribution in [-0.4, -0.2) is 17.0 Å². The fourth-order valence-corrected chi connectivity index (χ4v) is 4.53. The lowest BCUT2D eigenvalue weighted by molar-refractivity contribution is 0.157. The van der Waals surface area contributed by atoms with Crippen molar-refractivity contribution in [2.75, 3.05) is 6.54 Å². The number of nitrogens with two attached hydrogens (primary N) is 1. The van der Waals surface area contributed by atoms with Gasteiger partial charge in [-0.3, -0.25) is 0 Å². The van der Waals surface area contributed by atoms with Crippen molar-refractivity contribution in [3.05, 3.63) is 0 Å². The Morgan fingerprint density at radius 1 is 1.17 bits per heavy atom. The van der Waals surface area contributed by atoms with Crippen LogP contribution in [0.25, 0.3) is 0 Å². The molecule has 18 heavy (non-hydrogen) atoms. The summed E-state index contributed by atoms with van der Waals surface area (Å²) in [4.78, 5) is 0. The zero-order valence-corrected chi connectivity index (χ0v) is 14.0. The van der Waals surface area contributed by atoms with E-state index in [-0.39, 0.29) is 0 Å². The molecule has 0 aromatic rings. The molecule has 1 nitrogen and oxygen atoms in total. The lowest BCUT2D eigenvalue weighted by Crippen LogP contribution is -2.37. The summed E-state index contributed by atoms with van der Waals surface area (Å²) in [6, 6.07) is 0. The van der Waals surface area contributed by atoms with E-state index < -0.39 is 0 Å². The molecule has 2 N–H and O–H groups in total. The summed E-state index contributed by atoms with van der Waals surface area (Å²) in [5.41, 5.74) is 6.44. The molecule has 4 unspecified atom stereocenters.